The number of carbonyl (C=O) groups excluding carboxylic acids is 1. The number of hydrogen-bond donors (Lipinski definition) is 2. The van der Waals surface area contributed by atoms with Gasteiger partial charge in [0.25, 0.3) is 15.9 Å². The number of hydrogen-bond acceptors (Lipinski definition) is 4. The molecule has 7 nitrogen and oxygen atoms in total. The highest BCUT2D eigenvalue weighted by atomic mass is 35.5. The average molecular weight is 329 g/mol. The summed E-state index contributed by atoms with van der Waals surface area (Å²) in [7, 11) is -0.896. The van der Waals surface area contributed by atoms with Crippen LogP contribution in [0, 0.1) is 0 Å². The Morgan fingerprint density at radius 1 is 1.38 bits per heavy atom. The van der Waals surface area contributed by atoms with Crippen molar-refractivity contribution < 1.29 is 13.2 Å². The topological polar surface area (TPSA) is 93.1 Å². The third-order valence-electron chi connectivity index (χ3n) is 2.71. The van der Waals surface area contributed by atoms with Gasteiger partial charge in [0.1, 0.15) is 0 Å². The summed E-state index contributed by atoms with van der Waals surface area (Å²) in [6.45, 7) is 0. The van der Waals surface area contributed by atoms with E-state index in [-0.39, 0.29) is 16.4 Å². The lowest BCUT2D eigenvalue weighted by Crippen LogP contribution is -2.23. The monoisotopic (exact) mass is 328 g/mol. The average Bonchev–Trinajstić information content (AvgIpc) is 2.87. The zero-order chi connectivity index (χ0) is 15.6. The van der Waals surface area contributed by atoms with Crippen LogP contribution in [0.4, 0.5) is 5.69 Å². The van der Waals surface area contributed by atoms with Gasteiger partial charge in [0.15, 0.2) is 0 Å². The molecule has 0 aliphatic rings. The molecule has 112 valence electrons. The van der Waals surface area contributed by atoms with Crippen molar-refractivity contribution in [3.63, 3.8) is 0 Å². The number of nitrogens with zero attached hydrogens (tertiary/aromatic N) is 2. The molecule has 1 amide bonds. The van der Waals surface area contributed by atoms with Crippen molar-refractivity contribution in [3.8, 4) is 0 Å². The Kier molecular flexibility index (Phi) is 4.19. The van der Waals surface area contributed by atoms with E-state index in [4.69, 9.17) is 11.6 Å². The number of sulfonamides is 1. The molecule has 0 saturated carbocycles. The molecule has 1 aromatic heterocycles. The van der Waals surface area contributed by atoms with E-state index < -0.39 is 15.9 Å². The Morgan fingerprint density at radius 3 is 2.67 bits per heavy atom. The first-order chi connectivity index (χ1) is 9.85. The highest BCUT2D eigenvalue weighted by Gasteiger charge is 2.22. The lowest BCUT2D eigenvalue weighted by Gasteiger charge is -2.12. The summed E-state index contributed by atoms with van der Waals surface area (Å²) in [5.74, 6) is -0.449. The molecule has 21 heavy (non-hydrogen) atoms. The number of benzene rings is 1. The molecule has 0 spiro atoms. The standard InChI is InChI=1S/C12H13ClN4O3S/c1-14-11(18)9-7-8(13)3-4-10(9)16-21(19,20)12-15-5-6-17(12)2/h3-7,16H,1-2H3,(H,14,18). The van der Waals surface area contributed by atoms with Crippen molar-refractivity contribution in [1.29, 1.82) is 0 Å². The van der Waals surface area contributed by atoms with Crippen LogP contribution in [-0.2, 0) is 17.1 Å². The Balaban J connectivity index is 2.45. The molecular formula is C12H13ClN4O3S. The summed E-state index contributed by atoms with van der Waals surface area (Å²) in [6.07, 6.45) is 2.88. The third-order valence-corrected chi connectivity index (χ3v) is 4.31. The molecule has 0 radical (unpaired) electrons. The van der Waals surface area contributed by atoms with Gasteiger partial charge < -0.3 is 9.88 Å². The van der Waals surface area contributed by atoms with Crippen molar-refractivity contribution in [2.24, 2.45) is 7.05 Å². The summed E-state index contributed by atoms with van der Waals surface area (Å²) < 4.78 is 28.2. The molecule has 0 bridgehead atoms. The molecular weight excluding hydrogens is 316 g/mol. The van der Waals surface area contributed by atoms with E-state index in [0.717, 1.165) is 0 Å². The van der Waals surface area contributed by atoms with Crippen molar-refractivity contribution in [2.75, 3.05) is 11.8 Å². The van der Waals surface area contributed by atoms with Gasteiger partial charge in [-0.15, -0.1) is 0 Å². The van der Waals surface area contributed by atoms with Crippen LogP contribution >= 0.6 is 11.6 Å². The van der Waals surface area contributed by atoms with Crippen LogP contribution in [0.2, 0.25) is 5.02 Å². The summed E-state index contributed by atoms with van der Waals surface area (Å²) in [5.41, 5.74) is 0.254. The second-order valence-electron chi connectivity index (χ2n) is 4.20. The van der Waals surface area contributed by atoms with Crippen LogP contribution in [0.3, 0.4) is 0 Å². The van der Waals surface area contributed by atoms with E-state index in [0.29, 0.717) is 5.02 Å². The van der Waals surface area contributed by atoms with E-state index in [1.54, 1.807) is 7.05 Å². The van der Waals surface area contributed by atoms with Gasteiger partial charge in [0, 0.05) is 31.5 Å². The number of carbonyl (C=O) groups is 1. The van der Waals surface area contributed by atoms with Crippen LogP contribution in [0.1, 0.15) is 10.4 Å². The Morgan fingerprint density at radius 2 is 2.10 bits per heavy atom. The molecule has 2 aromatic rings. The third kappa shape index (κ3) is 3.17. The maximum absolute atomic E-state index is 12.3. The quantitative estimate of drug-likeness (QED) is 0.883. The number of aryl methyl sites for hydroxylation is 1. The van der Waals surface area contributed by atoms with Crippen LogP contribution in [0.15, 0.2) is 35.7 Å². The molecule has 2 rings (SSSR count). The number of halogens is 1. The molecule has 0 aliphatic heterocycles. The fourth-order valence-corrected chi connectivity index (χ4v) is 3.10. The van der Waals surface area contributed by atoms with Gasteiger partial charge in [-0.3, -0.25) is 9.52 Å². The van der Waals surface area contributed by atoms with Crippen molar-refractivity contribution in [2.45, 2.75) is 5.16 Å². The number of amides is 1. The fourth-order valence-electron chi connectivity index (χ4n) is 1.73. The van der Waals surface area contributed by atoms with Crippen LogP contribution in [-0.4, -0.2) is 30.9 Å². The maximum Gasteiger partial charge on any atom is 0.295 e. The first-order valence-electron chi connectivity index (χ1n) is 5.87. The van der Waals surface area contributed by atoms with Gasteiger partial charge in [-0.1, -0.05) is 11.6 Å². The van der Waals surface area contributed by atoms with Crippen molar-refractivity contribution in [1.82, 2.24) is 14.9 Å². The Bertz CT molecular complexity index is 786. The summed E-state index contributed by atoms with van der Waals surface area (Å²) in [4.78, 5) is 15.6. The Labute approximate surface area is 127 Å². The predicted molar refractivity (Wildman–Crippen MR) is 78.9 cm³/mol. The van der Waals surface area contributed by atoms with Crippen molar-refractivity contribution in [3.05, 3.63) is 41.2 Å². The van der Waals surface area contributed by atoms with Crippen LogP contribution < -0.4 is 10.0 Å². The van der Waals surface area contributed by atoms with Gasteiger partial charge in [-0.2, -0.15) is 8.42 Å². The molecule has 0 atom stereocenters. The molecule has 0 saturated heterocycles. The first kappa shape index (κ1) is 15.3. The summed E-state index contributed by atoms with van der Waals surface area (Å²) in [6, 6.07) is 4.30. The predicted octanol–water partition coefficient (Wildman–Crippen LogP) is 1.23. The molecule has 2 N–H and O–H groups in total. The Hall–Kier alpha value is -2.06. The maximum atomic E-state index is 12.3. The van der Waals surface area contributed by atoms with E-state index in [1.807, 2.05) is 0 Å². The highest BCUT2D eigenvalue weighted by Crippen LogP contribution is 2.23. The van der Waals surface area contributed by atoms with E-state index in [1.165, 1.54) is 42.2 Å². The van der Waals surface area contributed by atoms with E-state index >= 15 is 0 Å². The van der Waals surface area contributed by atoms with E-state index in [2.05, 4.69) is 15.0 Å². The normalized spacial score (nSPS) is 11.2. The molecule has 0 unspecified atom stereocenters. The first-order valence-corrected chi connectivity index (χ1v) is 7.73. The zero-order valence-electron chi connectivity index (χ0n) is 11.3. The number of imidazole rings is 1. The lowest BCUT2D eigenvalue weighted by molar-refractivity contribution is 0.0964. The van der Waals surface area contributed by atoms with Crippen LogP contribution in [0.25, 0.3) is 0 Å². The summed E-state index contributed by atoms with van der Waals surface area (Å²) in [5, 5.41) is 2.60. The van der Waals surface area contributed by atoms with Gasteiger partial charge in [0.2, 0.25) is 5.16 Å². The number of aromatic nitrogens is 2. The SMILES string of the molecule is CNC(=O)c1cc(Cl)ccc1NS(=O)(=O)c1nccn1C. The molecule has 0 fully saturated rings. The van der Waals surface area contributed by atoms with Crippen LogP contribution in [0.5, 0.6) is 0 Å². The molecule has 0 aliphatic carbocycles. The van der Waals surface area contributed by atoms with Gasteiger partial charge in [0.05, 0.1) is 11.3 Å². The second kappa shape index (κ2) is 5.74. The van der Waals surface area contributed by atoms with Crippen molar-refractivity contribution >= 4 is 33.2 Å². The number of anilines is 1. The number of rotatable bonds is 4. The minimum absolute atomic E-state index is 0.127. The molecule has 1 aromatic carbocycles. The second-order valence-corrected chi connectivity index (χ2v) is 6.21. The van der Waals surface area contributed by atoms with E-state index in [9.17, 15) is 13.2 Å². The lowest BCUT2D eigenvalue weighted by atomic mass is 10.2. The largest absolute Gasteiger partial charge is 0.355 e. The minimum Gasteiger partial charge on any atom is -0.355 e. The molecule has 1 heterocycles. The van der Waals surface area contributed by atoms with Gasteiger partial charge in [-0.25, -0.2) is 4.98 Å². The van der Waals surface area contributed by atoms with Gasteiger partial charge in [-0.05, 0) is 18.2 Å². The van der Waals surface area contributed by atoms with Gasteiger partial charge >= 0.3 is 0 Å². The zero-order valence-corrected chi connectivity index (χ0v) is 12.9. The number of nitrogens with one attached hydrogen (secondary N) is 2. The summed E-state index contributed by atoms with van der Waals surface area (Å²) >= 11 is 5.84. The fraction of sp³-hybridized carbons (Fsp3) is 0.167. The smallest absolute Gasteiger partial charge is 0.295 e. The highest BCUT2D eigenvalue weighted by molar-refractivity contribution is 7.92. The minimum atomic E-state index is -3.90. The molecule has 9 heteroatoms.